The summed E-state index contributed by atoms with van der Waals surface area (Å²) in [6.45, 7) is 1.26. The molecule has 0 N–H and O–H groups in total. The largest absolute Gasteiger partial charge is 0.486 e. The Morgan fingerprint density at radius 1 is 1.35 bits per heavy atom. The summed E-state index contributed by atoms with van der Waals surface area (Å²) in [4.78, 5) is 23.6. The molecule has 1 aliphatic carbocycles. The number of aryl methyl sites for hydroxylation is 1. The van der Waals surface area contributed by atoms with Crippen molar-refractivity contribution in [2.45, 2.75) is 25.7 Å². The topological polar surface area (TPSA) is 52.6 Å². The fraction of sp³-hybridized carbons (Fsp3) is 0.500. The zero-order chi connectivity index (χ0) is 13.9. The van der Waals surface area contributed by atoms with Gasteiger partial charge in [-0.15, -0.1) is 0 Å². The van der Waals surface area contributed by atoms with Crippen LogP contribution in [0.5, 0.6) is 5.75 Å². The van der Waals surface area contributed by atoms with E-state index in [-0.39, 0.29) is 24.1 Å². The molecular formula is C16H18O4. The van der Waals surface area contributed by atoms with Crippen LogP contribution in [0.1, 0.15) is 35.2 Å². The summed E-state index contributed by atoms with van der Waals surface area (Å²) in [5.74, 6) is 0.952. The van der Waals surface area contributed by atoms with Gasteiger partial charge in [0.05, 0.1) is 6.61 Å². The van der Waals surface area contributed by atoms with Crippen LogP contribution in [0.2, 0.25) is 0 Å². The van der Waals surface area contributed by atoms with Crippen LogP contribution in [-0.4, -0.2) is 31.4 Å². The van der Waals surface area contributed by atoms with Gasteiger partial charge in [0, 0.05) is 24.5 Å². The Balaban J connectivity index is 1.63. The van der Waals surface area contributed by atoms with Gasteiger partial charge >= 0.3 is 0 Å². The van der Waals surface area contributed by atoms with Crippen LogP contribution in [0.3, 0.4) is 0 Å². The minimum atomic E-state index is -0.0193. The summed E-state index contributed by atoms with van der Waals surface area (Å²) in [5.41, 5.74) is 1.84. The van der Waals surface area contributed by atoms with Crippen LogP contribution in [0.15, 0.2) is 18.2 Å². The van der Waals surface area contributed by atoms with Gasteiger partial charge in [-0.1, -0.05) is 0 Å². The molecule has 1 fully saturated rings. The fourth-order valence-corrected chi connectivity index (χ4v) is 2.77. The molecule has 106 valence electrons. The summed E-state index contributed by atoms with van der Waals surface area (Å²) >= 11 is 0. The Morgan fingerprint density at radius 3 is 3.05 bits per heavy atom. The fourth-order valence-electron chi connectivity index (χ4n) is 2.77. The second kappa shape index (κ2) is 5.75. The van der Waals surface area contributed by atoms with Crippen LogP contribution in [-0.2, 0) is 16.0 Å². The quantitative estimate of drug-likeness (QED) is 0.844. The molecule has 1 atom stereocenters. The first-order valence-electron chi connectivity index (χ1n) is 7.13. The Bertz CT molecular complexity index is 529. The average molecular weight is 274 g/mol. The third-order valence-electron chi connectivity index (χ3n) is 3.99. The number of rotatable bonds is 4. The number of ketones is 2. The number of ether oxygens (including phenoxy) is 2. The van der Waals surface area contributed by atoms with Crippen LogP contribution in [0, 0.1) is 5.92 Å². The first-order chi connectivity index (χ1) is 9.74. The third-order valence-corrected chi connectivity index (χ3v) is 3.99. The molecule has 0 amide bonds. The lowest BCUT2D eigenvalue weighted by atomic mass is 9.90. The molecule has 3 rings (SSSR count). The van der Waals surface area contributed by atoms with Crippen LogP contribution in [0.4, 0.5) is 0 Å². The van der Waals surface area contributed by atoms with Crippen molar-refractivity contribution in [2.24, 2.45) is 5.92 Å². The number of fused-ring (bicyclic) bond motifs is 1. The minimum Gasteiger partial charge on any atom is -0.486 e. The van der Waals surface area contributed by atoms with E-state index in [1.165, 1.54) is 0 Å². The van der Waals surface area contributed by atoms with Gasteiger partial charge < -0.3 is 9.47 Å². The lowest BCUT2D eigenvalue weighted by Crippen LogP contribution is -2.21. The zero-order valence-corrected chi connectivity index (χ0v) is 11.4. The normalized spacial score (nSPS) is 21.6. The first-order valence-corrected chi connectivity index (χ1v) is 7.13. The molecule has 1 saturated heterocycles. The van der Waals surface area contributed by atoms with E-state index in [2.05, 4.69) is 0 Å². The Morgan fingerprint density at radius 2 is 2.25 bits per heavy atom. The van der Waals surface area contributed by atoms with E-state index in [1.807, 2.05) is 12.1 Å². The second-order valence-electron chi connectivity index (χ2n) is 5.41. The van der Waals surface area contributed by atoms with Crippen molar-refractivity contribution in [3.05, 3.63) is 29.3 Å². The van der Waals surface area contributed by atoms with E-state index in [4.69, 9.17) is 9.47 Å². The lowest BCUT2D eigenvalue weighted by Gasteiger charge is -2.16. The van der Waals surface area contributed by atoms with Gasteiger partial charge in [-0.2, -0.15) is 0 Å². The van der Waals surface area contributed by atoms with Crippen molar-refractivity contribution in [1.82, 2.24) is 0 Å². The molecule has 4 nitrogen and oxygen atoms in total. The Kier molecular flexibility index (Phi) is 3.83. The molecule has 0 spiro atoms. The Hall–Kier alpha value is -1.68. The summed E-state index contributed by atoms with van der Waals surface area (Å²) in [7, 11) is 0. The molecule has 0 saturated carbocycles. The predicted octanol–water partition coefficient (Wildman–Crippen LogP) is 2.19. The molecule has 1 aliphatic heterocycles. The maximum atomic E-state index is 11.9. The molecule has 4 heteroatoms. The first kappa shape index (κ1) is 13.3. The molecule has 1 heterocycles. The van der Waals surface area contributed by atoms with E-state index in [0.717, 1.165) is 30.4 Å². The average Bonchev–Trinajstić information content (AvgIpc) is 2.99. The van der Waals surface area contributed by atoms with E-state index in [1.54, 1.807) is 6.07 Å². The summed E-state index contributed by atoms with van der Waals surface area (Å²) in [6, 6.07) is 5.49. The maximum absolute atomic E-state index is 11.9. The number of carbonyl (C=O) groups is 2. The molecule has 20 heavy (non-hydrogen) atoms. The third kappa shape index (κ3) is 2.75. The number of carbonyl (C=O) groups excluding carboxylic acids is 2. The number of hydrogen-bond acceptors (Lipinski definition) is 4. The van der Waals surface area contributed by atoms with Gasteiger partial charge in [-0.3, -0.25) is 9.59 Å². The SMILES string of the molecule is O=C1CCCc2cc(OCC(=O)C3CCOC3)ccc21. The van der Waals surface area contributed by atoms with Crippen molar-refractivity contribution in [1.29, 1.82) is 0 Å². The van der Waals surface area contributed by atoms with E-state index in [0.29, 0.717) is 25.4 Å². The van der Waals surface area contributed by atoms with Gasteiger partial charge in [0.2, 0.25) is 0 Å². The van der Waals surface area contributed by atoms with Crippen molar-refractivity contribution in [3.63, 3.8) is 0 Å². The number of Topliss-reactive ketones (excluding diaryl/α,β-unsaturated/α-hetero) is 2. The highest BCUT2D eigenvalue weighted by molar-refractivity contribution is 5.98. The second-order valence-corrected chi connectivity index (χ2v) is 5.41. The van der Waals surface area contributed by atoms with E-state index >= 15 is 0 Å². The number of hydrogen-bond donors (Lipinski definition) is 0. The predicted molar refractivity (Wildman–Crippen MR) is 73.1 cm³/mol. The van der Waals surface area contributed by atoms with Crippen LogP contribution in [0.25, 0.3) is 0 Å². The molecule has 0 aromatic heterocycles. The molecule has 0 bridgehead atoms. The summed E-state index contributed by atoms with van der Waals surface area (Å²) in [6.07, 6.45) is 3.23. The highest BCUT2D eigenvalue weighted by atomic mass is 16.5. The van der Waals surface area contributed by atoms with Gasteiger partial charge in [-0.05, 0) is 43.0 Å². The van der Waals surface area contributed by atoms with Gasteiger partial charge in [0.15, 0.2) is 11.6 Å². The van der Waals surface area contributed by atoms with Crippen molar-refractivity contribution in [3.8, 4) is 5.75 Å². The molecule has 1 aromatic carbocycles. The molecule has 1 aromatic rings. The molecule has 2 aliphatic rings. The van der Waals surface area contributed by atoms with Gasteiger partial charge in [0.1, 0.15) is 12.4 Å². The molecule has 0 radical (unpaired) electrons. The maximum Gasteiger partial charge on any atom is 0.175 e. The van der Waals surface area contributed by atoms with Crippen LogP contribution >= 0.6 is 0 Å². The molecule has 1 unspecified atom stereocenters. The van der Waals surface area contributed by atoms with E-state index < -0.39 is 0 Å². The monoisotopic (exact) mass is 274 g/mol. The Labute approximate surface area is 118 Å². The van der Waals surface area contributed by atoms with Gasteiger partial charge in [0.25, 0.3) is 0 Å². The number of benzene rings is 1. The van der Waals surface area contributed by atoms with Gasteiger partial charge in [-0.25, -0.2) is 0 Å². The van der Waals surface area contributed by atoms with E-state index in [9.17, 15) is 9.59 Å². The minimum absolute atomic E-state index is 0.0193. The summed E-state index contributed by atoms with van der Waals surface area (Å²) in [5, 5.41) is 0. The highest BCUT2D eigenvalue weighted by Crippen LogP contribution is 2.25. The van der Waals surface area contributed by atoms with Crippen molar-refractivity contribution < 1.29 is 19.1 Å². The summed E-state index contributed by atoms with van der Waals surface area (Å²) < 4.78 is 10.8. The smallest absolute Gasteiger partial charge is 0.175 e. The van der Waals surface area contributed by atoms with Crippen LogP contribution < -0.4 is 4.74 Å². The molecular weight excluding hydrogens is 256 g/mol. The highest BCUT2D eigenvalue weighted by Gasteiger charge is 2.24. The lowest BCUT2D eigenvalue weighted by molar-refractivity contribution is -0.124. The zero-order valence-electron chi connectivity index (χ0n) is 11.4. The van der Waals surface area contributed by atoms with Crippen molar-refractivity contribution >= 4 is 11.6 Å². The standard InChI is InChI=1S/C16H18O4/c17-15-3-1-2-11-8-13(4-5-14(11)15)20-10-16(18)12-6-7-19-9-12/h4-5,8,12H,1-3,6-7,9-10H2. The van der Waals surface area contributed by atoms with Crippen molar-refractivity contribution in [2.75, 3.05) is 19.8 Å².